The van der Waals surface area contributed by atoms with Gasteiger partial charge in [-0.2, -0.15) is 5.10 Å². The lowest BCUT2D eigenvalue weighted by Crippen LogP contribution is -2.38. The van der Waals surface area contributed by atoms with Gasteiger partial charge in [0.2, 0.25) is 0 Å². The fourth-order valence-corrected chi connectivity index (χ4v) is 0.946. The third-order valence-corrected chi connectivity index (χ3v) is 1.45. The van der Waals surface area contributed by atoms with Gasteiger partial charge in [-0.1, -0.05) is 34.3 Å². The minimum atomic E-state index is 0.858. The van der Waals surface area contributed by atoms with Gasteiger partial charge in [0.05, 0.1) is 6.54 Å². The summed E-state index contributed by atoms with van der Waals surface area (Å²) >= 11 is 0. The Labute approximate surface area is 88.9 Å². The van der Waals surface area contributed by atoms with E-state index in [0.717, 1.165) is 25.3 Å². The highest BCUT2D eigenvalue weighted by atomic mass is 15.5. The molecule has 1 rings (SSSR count). The van der Waals surface area contributed by atoms with E-state index in [2.05, 4.69) is 17.0 Å². The molecule has 0 amide bonds. The first-order valence-electron chi connectivity index (χ1n) is 5.49. The van der Waals surface area contributed by atoms with E-state index in [-0.39, 0.29) is 0 Å². The maximum absolute atomic E-state index is 4.13. The third kappa shape index (κ3) is 6.66. The monoisotopic (exact) mass is 199 g/mol. The molecule has 0 aromatic rings. The van der Waals surface area contributed by atoms with Crippen molar-refractivity contribution >= 4 is 6.21 Å². The standard InChI is InChI=1S/C7H13N3.2C2H6/c1-3-9-10-5-4-8-6-7(10)2;2*1-2/h3,8H,2,4-6H2,1H3;2*1-2H3/b9-3-;;. The molecule has 0 radical (unpaired) electrons. The van der Waals surface area contributed by atoms with Gasteiger partial charge in [-0.15, -0.1) is 0 Å². The maximum atomic E-state index is 4.13. The highest BCUT2D eigenvalue weighted by molar-refractivity contribution is 5.52. The molecule has 14 heavy (non-hydrogen) atoms. The predicted octanol–water partition coefficient (Wildman–Crippen LogP) is 2.46. The van der Waals surface area contributed by atoms with E-state index in [1.807, 2.05) is 39.6 Å². The molecular weight excluding hydrogens is 174 g/mol. The van der Waals surface area contributed by atoms with Crippen LogP contribution in [0.15, 0.2) is 17.4 Å². The summed E-state index contributed by atoms with van der Waals surface area (Å²) in [5, 5.41) is 9.27. The van der Waals surface area contributed by atoms with Crippen molar-refractivity contribution in [3.63, 3.8) is 0 Å². The van der Waals surface area contributed by atoms with Gasteiger partial charge in [0.25, 0.3) is 0 Å². The van der Waals surface area contributed by atoms with E-state index < -0.39 is 0 Å². The number of hydrogen-bond donors (Lipinski definition) is 1. The van der Waals surface area contributed by atoms with Crippen molar-refractivity contribution < 1.29 is 0 Å². The number of hydrogen-bond acceptors (Lipinski definition) is 3. The Hall–Kier alpha value is -0.830. The smallest absolute Gasteiger partial charge is 0.0537 e. The van der Waals surface area contributed by atoms with Crippen LogP contribution in [0.2, 0.25) is 0 Å². The summed E-state index contributed by atoms with van der Waals surface area (Å²) in [4.78, 5) is 0. The molecule has 0 aliphatic carbocycles. The molecule has 1 heterocycles. The molecule has 0 aromatic heterocycles. The van der Waals surface area contributed by atoms with Gasteiger partial charge in [-0.05, 0) is 6.92 Å². The number of nitrogens with one attached hydrogen (secondary N) is 1. The van der Waals surface area contributed by atoms with Gasteiger partial charge < -0.3 is 5.32 Å². The maximum Gasteiger partial charge on any atom is 0.0537 e. The van der Waals surface area contributed by atoms with Crippen molar-refractivity contribution in [2.75, 3.05) is 19.6 Å². The van der Waals surface area contributed by atoms with Crippen LogP contribution < -0.4 is 5.32 Å². The van der Waals surface area contributed by atoms with Crippen LogP contribution >= 0.6 is 0 Å². The van der Waals surface area contributed by atoms with Gasteiger partial charge in [-0.3, -0.25) is 5.01 Å². The number of nitrogens with zero attached hydrogens (tertiary/aromatic N) is 2. The second-order valence-corrected chi connectivity index (χ2v) is 2.24. The Kier molecular flexibility index (Phi) is 13.6. The number of piperazine rings is 1. The summed E-state index contributed by atoms with van der Waals surface area (Å²) in [7, 11) is 0. The van der Waals surface area contributed by atoms with Crippen molar-refractivity contribution in [3.05, 3.63) is 12.3 Å². The number of hydrazone groups is 1. The normalized spacial score (nSPS) is 15.5. The minimum absolute atomic E-state index is 0.858. The average molecular weight is 199 g/mol. The van der Waals surface area contributed by atoms with Crippen molar-refractivity contribution in [2.45, 2.75) is 34.6 Å². The van der Waals surface area contributed by atoms with Crippen molar-refractivity contribution in [3.8, 4) is 0 Å². The quantitative estimate of drug-likeness (QED) is 0.657. The zero-order chi connectivity index (χ0) is 11.4. The van der Waals surface area contributed by atoms with Crippen molar-refractivity contribution in [1.29, 1.82) is 0 Å². The Morgan fingerprint density at radius 3 is 2.36 bits per heavy atom. The van der Waals surface area contributed by atoms with Crippen LogP contribution in [-0.4, -0.2) is 30.9 Å². The first kappa shape index (κ1) is 15.6. The molecular formula is C11H25N3. The molecule has 0 saturated carbocycles. The first-order chi connectivity index (χ1) is 6.84. The molecule has 3 nitrogen and oxygen atoms in total. The summed E-state index contributed by atoms with van der Waals surface area (Å²) in [6.07, 6.45) is 1.79. The molecule has 0 aromatic carbocycles. The van der Waals surface area contributed by atoms with Gasteiger partial charge >= 0.3 is 0 Å². The SMILES string of the molecule is C=C1CNCCN1/N=C\C.CC.CC. The van der Waals surface area contributed by atoms with Gasteiger partial charge in [0.15, 0.2) is 0 Å². The zero-order valence-electron chi connectivity index (χ0n) is 10.3. The van der Waals surface area contributed by atoms with E-state index in [9.17, 15) is 0 Å². The molecule has 1 fully saturated rings. The van der Waals surface area contributed by atoms with E-state index in [1.165, 1.54) is 0 Å². The van der Waals surface area contributed by atoms with Crippen LogP contribution in [0.4, 0.5) is 0 Å². The van der Waals surface area contributed by atoms with Crippen LogP contribution in [0.5, 0.6) is 0 Å². The molecule has 0 unspecified atom stereocenters. The van der Waals surface area contributed by atoms with E-state index in [0.29, 0.717) is 0 Å². The predicted molar refractivity (Wildman–Crippen MR) is 65.6 cm³/mol. The van der Waals surface area contributed by atoms with Crippen LogP contribution in [0.1, 0.15) is 34.6 Å². The topological polar surface area (TPSA) is 27.6 Å². The Morgan fingerprint density at radius 1 is 1.36 bits per heavy atom. The lowest BCUT2D eigenvalue weighted by Gasteiger charge is -2.26. The highest BCUT2D eigenvalue weighted by Crippen LogP contribution is 2.03. The molecule has 1 N–H and O–H groups in total. The molecule has 0 atom stereocenters. The lowest BCUT2D eigenvalue weighted by atomic mass is 10.3. The molecule has 1 aliphatic heterocycles. The van der Waals surface area contributed by atoms with Gasteiger partial charge in [-0.25, -0.2) is 0 Å². The lowest BCUT2D eigenvalue weighted by molar-refractivity contribution is 0.319. The highest BCUT2D eigenvalue weighted by Gasteiger charge is 2.09. The van der Waals surface area contributed by atoms with Crippen LogP contribution in [0.3, 0.4) is 0 Å². The Morgan fingerprint density at radius 2 is 1.93 bits per heavy atom. The summed E-state index contributed by atoms with van der Waals surface area (Å²) in [5.74, 6) is 0. The zero-order valence-corrected chi connectivity index (χ0v) is 10.3. The van der Waals surface area contributed by atoms with Crippen LogP contribution in [0.25, 0.3) is 0 Å². The Balaban J connectivity index is 0. The van der Waals surface area contributed by atoms with E-state index >= 15 is 0 Å². The van der Waals surface area contributed by atoms with E-state index in [1.54, 1.807) is 6.21 Å². The van der Waals surface area contributed by atoms with E-state index in [4.69, 9.17) is 0 Å². The fraction of sp³-hybridized carbons (Fsp3) is 0.727. The second-order valence-electron chi connectivity index (χ2n) is 2.24. The van der Waals surface area contributed by atoms with Crippen molar-refractivity contribution in [1.82, 2.24) is 10.3 Å². The largest absolute Gasteiger partial charge is 0.309 e. The number of rotatable bonds is 1. The summed E-state index contributed by atoms with van der Waals surface area (Å²) in [6, 6.07) is 0. The molecule has 84 valence electrons. The fourth-order valence-electron chi connectivity index (χ4n) is 0.946. The molecule has 1 aliphatic rings. The first-order valence-corrected chi connectivity index (χ1v) is 5.49. The second kappa shape index (κ2) is 12.2. The minimum Gasteiger partial charge on any atom is -0.309 e. The average Bonchev–Trinajstić information content (AvgIpc) is 2.28. The van der Waals surface area contributed by atoms with Crippen molar-refractivity contribution in [2.24, 2.45) is 5.10 Å². The van der Waals surface area contributed by atoms with Gasteiger partial charge in [0.1, 0.15) is 0 Å². The molecule has 0 spiro atoms. The summed E-state index contributed by atoms with van der Waals surface area (Å²) < 4.78 is 0. The Bertz CT molecular complexity index is 153. The molecule has 3 heteroatoms. The molecule has 0 bridgehead atoms. The summed E-state index contributed by atoms with van der Waals surface area (Å²) in [5.41, 5.74) is 1.05. The molecule has 1 saturated heterocycles. The third-order valence-electron chi connectivity index (χ3n) is 1.45. The van der Waals surface area contributed by atoms with Gasteiger partial charge in [0, 0.05) is 25.0 Å². The van der Waals surface area contributed by atoms with Crippen LogP contribution in [-0.2, 0) is 0 Å². The summed E-state index contributed by atoms with van der Waals surface area (Å²) in [6.45, 7) is 16.6. The van der Waals surface area contributed by atoms with Crippen LogP contribution in [0, 0.1) is 0 Å².